The molecule has 1 aromatic rings. The number of sulfonamides is 1. The van der Waals surface area contributed by atoms with Crippen molar-refractivity contribution in [2.45, 2.75) is 30.2 Å². The van der Waals surface area contributed by atoms with Gasteiger partial charge in [0, 0.05) is 25.5 Å². The number of nitrogens with one attached hydrogen (secondary N) is 2. The van der Waals surface area contributed by atoms with Crippen LogP contribution in [0.3, 0.4) is 0 Å². The van der Waals surface area contributed by atoms with Crippen molar-refractivity contribution in [3.05, 3.63) is 18.5 Å². The van der Waals surface area contributed by atoms with Gasteiger partial charge in [0.2, 0.25) is 10.0 Å². The van der Waals surface area contributed by atoms with E-state index < -0.39 is 10.0 Å². The average molecular weight is 241 g/mol. The van der Waals surface area contributed by atoms with Gasteiger partial charge in [-0.25, -0.2) is 13.1 Å². The maximum absolute atomic E-state index is 12.0. The lowest BCUT2D eigenvalue weighted by Crippen LogP contribution is -2.39. The maximum atomic E-state index is 12.0. The smallest absolute Gasteiger partial charge is 0.244 e. The van der Waals surface area contributed by atoms with E-state index in [-0.39, 0.29) is 10.9 Å². The van der Waals surface area contributed by atoms with Crippen LogP contribution in [0.1, 0.15) is 19.3 Å². The molecule has 16 heavy (non-hydrogen) atoms. The number of anilines is 1. The second-order valence-electron chi connectivity index (χ2n) is 3.87. The Kier molecular flexibility index (Phi) is 3.11. The fourth-order valence-corrected chi connectivity index (χ4v) is 3.07. The van der Waals surface area contributed by atoms with Crippen LogP contribution in [-0.4, -0.2) is 26.5 Å². The zero-order valence-corrected chi connectivity index (χ0v) is 9.92. The molecule has 0 bridgehead atoms. The maximum Gasteiger partial charge on any atom is 0.244 e. The van der Waals surface area contributed by atoms with Gasteiger partial charge in [0.05, 0.1) is 5.69 Å². The van der Waals surface area contributed by atoms with Crippen LogP contribution in [-0.2, 0) is 10.0 Å². The van der Waals surface area contributed by atoms with Gasteiger partial charge in [0.25, 0.3) is 0 Å². The van der Waals surface area contributed by atoms with Gasteiger partial charge < -0.3 is 5.32 Å². The summed E-state index contributed by atoms with van der Waals surface area (Å²) in [4.78, 5) is 4.06. The predicted octanol–water partition coefficient (Wildman–Crippen LogP) is 0.954. The highest BCUT2D eigenvalue weighted by atomic mass is 32.2. The molecule has 1 saturated carbocycles. The fourth-order valence-electron chi connectivity index (χ4n) is 1.61. The summed E-state index contributed by atoms with van der Waals surface area (Å²) < 4.78 is 26.7. The van der Waals surface area contributed by atoms with Crippen molar-refractivity contribution in [2.24, 2.45) is 0 Å². The molecule has 0 aromatic carbocycles. The number of aromatic nitrogens is 1. The van der Waals surface area contributed by atoms with Crippen molar-refractivity contribution < 1.29 is 8.42 Å². The van der Waals surface area contributed by atoms with Crippen molar-refractivity contribution >= 4 is 15.7 Å². The van der Waals surface area contributed by atoms with Crippen molar-refractivity contribution in [2.75, 3.05) is 12.4 Å². The Morgan fingerprint density at radius 3 is 2.75 bits per heavy atom. The van der Waals surface area contributed by atoms with Crippen molar-refractivity contribution in [3.8, 4) is 0 Å². The largest absolute Gasteiger partial charge is 0.387 e. The molecule has 2 rings (SSSR count). The minimum atomic E-state index is -3.44. The normalized spacial score (nSPS) is 16.8. The first-order valence-electron chi connectivity index (χ1n) is 5.27. The number of rotatable bonds is 4. The Hall–Kier alpha value is -1.14. The Morgan fingerprint density at radius 1 is 1.44 bits per heavy atom. The molecule has 1 aliphatic carbocycles. The molecule has 5 nitrogen and oxygen atoms in total. The number of nitrogens with zero attached hydrogens (tertiary/aromatic N) is 1. The van der Waals surface area contributed by atoms with E-state index in [9.17, 15) is 8.42 Å². The van der Waals surface area contributed by atoms with E-state index in [1.165, 1.54) is 6.20 Å². The average Bonchev–Trinajstić information content (AvgIpc) is 2.24. The van der Waals surface area contributed by atoms with E-state index in [4.69, 9.17) is 0 Å². The molecule has 2 N–H and O–H groups in total. The molecule has 0 radical (unpaired) electrons. The van der Waals surface area contributed by atoms with E-state index in [2.05, 4.69) is 15.0 Å². The third kappa shape index (κ3) is 2.17. The summed E-state index contributed by atoms with van der Waals surface area (Å²) in [5.74, 6) is 0. The highest BCUT2D eigenvalue weighted by Crippen LogP contribution is 2.23. The Morgan fingerprint density at radius 2 is 2.19 bits per heavy atom. The predicted molar refractivity (Wildman–Crippen MR) is 61.7 cm³/mol. The summed E-state index contributed by atoms with van der Waals surface area (Å²) in [7, 11) is -1.75. The Labute approximate surface area is 95.3 Å². The highest BCUT2D eigenvalue weighted by Gasteiger charge is 2.26. The van der Waals surface area contributed by atoms with E-state index in [0.29, 0.717) is 5.69 Å². The number of hydrogen-bond donors (Lipinski definition) is 2. The van der Waals surface area contributed by atoms with Gasteiger partial charge in [-0.1, -0.05) is 6.42 Å². The molecular weight excluding hydrogens is 226 g/mol. The van der Waals surface area contributed by atoms with E-state index in [0.717, 1.165) is 19.3 Å². The first-order valence-corrected chi connectivity index (χ1v) is 6.76. The van der Waals surface area contributed by atoms with Gasteiger partial charge >= 0.3 is 0 Å². The Balaban J connectivity index is 2.27. The van der Waals surface area contributed by atoms with Crippen molar-refractivity contribution in [1.82, 2.24) is 9.71 Å². The van der Waals surface area contributed by atoms with Crippen LogP contribution in [0.2, 0.25) is 0 Å². The molecule has 0 atom stereocenters. The lowest BCUT2D eigenvalue weighted by molar-refractivity contribution is 0.383. The Bertz CT molecular complexity index is 469. The van der Waals surface area contributed by atoms with Crippen LogP contribution >= 0.6 is 0 Å². The molecule has 0 aliphatic heterocycles. The molecule has 1 aliphatic rings. The summed E-state index contributed by atoms with van der Waals surface area (Å²) >= 11 is 0. The van der Waals surface area contributed by atoms with Gasteiger partial charge in [-0.15, -0.1) is 0 Å². The van der Waals surface area contributed by atoms with Crippen LogP contribution in [0, 0.1) is 0 Å². The zero-order valence-electron chi connectivity index (χ0n) is 9.10. The summed E-state index contributed by atoms with van der Waals surface area (Å²) in [6, 6.07) is 1.74. The summed E-state index contributed by atoms with van der Waals surface area (Å²) in [5, 5.41) is 2.85. The minimum absolute atomic E-state index is 0.0925. The number of pyridine rings is 1. The second-order valence-corrected chi connectivity index (χ2v) is 5.55. The first-order chi connectivity index (χ1) is 7.63. The van der Waals surface area contributed by atoms with Crippen LogP contribution < -0.4 is 10.0 Å². The monoisotopic (exact) mass is 241 g/mol. The molecule has 1 fully saturated rings. The first kappa shape index (κ1) is 11.3. The SMILES string of the molecule is CNc1ccncc1S(=O)(=O)NC1CCC1. The van der Waals surface area contributed by atoms with Crippen LogP contribution in [0.4, 0.5) is 5.69 Å². The van der Waals surface area contributed by atoms with Gasteiger partial charge in [-0.05, 0) is 18.9 Å². The van der Waals surface area contributed by atoms with Crippen LogP contribution in [0.15, 0.2) is 23.4 Å². The van der Waals surface area contributed by atoms with Crippen LogP contribution in [0.25, 0.3) is 0 Å². The van der Waals surface area contributed by atoms with E-state index >= 15 is 0 Å². The molecular formula is C10H15N3O2S. The van der Waals surface area contributed by atoms with Gasteiger partial charge in [0.15, 0.2) is 0 Å². The van der Waals surface area contributed by atoms with E-state index in [1.807, 2.05) is 0 Å². The highest BCUT2D eigenvalue weighted by molar-refractivity contribution is 7.89. The molecule has 0 saturated heterocycles. The number of hydrogen-bond acceptors (Lipinski definition) is 4. The zero-order chi connectivity index (χ0) is 11.6. The second kappa shape index (κ2) is 4.39. The fraction of sp³-hybridized carbons (Fsp3) is 0.500. The lowest BCUT2D eigenvalue weighted by Gasteiger charge is -2.26. The molecule has 1 aromatic heterocycles. The summed E-state index contributed by atoms with van der Waals surface area (Å²) in [6.45, 7) is 0. The van der Waals surface area contributed by atoms with E-state index in [1.54, 1.807) is 19.3 Å². The third-order valence-corrected chi connectivity index (χ3v) is 4.32. The third-order valence-electron chi connectivity index (χ3n) is 2.77. The van der Waals surface area contributed by atoms with Gasteiger partial charge in [-0.3, -0.25) is 4.98 Å². The van der Waals surface area contributed by atoms with Crippen molar-refractivity contribution in [1.29, 1.82) is 0 Å². The van der Waals surface area contributed by atoms with Gasteiger partial charge in [0.1, 0.15) is 4.90 Å². The summed E-state index contributed by atoms with van der Waals surface area (Å²) in [6.07, 6.45) is 5.88. The lowest BCUT2D eigenvalue weighted by atomic mass is 9.94. The van der Waals surface area contributed by atoms with Gasteiger partial charge in [-0.2, -0.15) is 0 Å². The molecule has 0 spiro atoms. The summed E-state index contributed by atoms with van der Waals surface area (Å²) in [5.41, 5.74) is 0.571. The molecule has 0 amide bonds. The molecule has 6 heteroatoms. The minimum Gasteiger partial charge on any atom is -0.387 e. The molecule has 88 valence electrons. The quantitative estimate of drug-likeness (QED) is 0.823. The van der Waals surface area contributed by atoms with Crippen LogP contribution in [0.5, 0.6) is 0 Å². The topological polar surface area (TPSA) is 71.1 Å². The standard InChI is InChI=1S/C10H15N3O2S/c1-11-9-5-6-12-7-10(9)16(14,15)13-8-3-2-4-8/h5-8,13H,2-4H2,1H3,(H,11,12). The molecule has 0 unspecified atom stereocenters. The van der Waals surface area contributed by atoms with Crippen molar-refractivity contribution in [3.63, 3.8) is 0 Å². The molecule has 1 heterocycles.